The number of hydrogen-bond donors (Lipinski definition) is 0. The third-order valence-corrected chi connectivity index (χ3v) is 3.19. The van der Waals surface area contributed by atoms with Crippen molar-refractivity contribution in [2.75, 3.05) is 20.1 Å². The number of aromatic nitrogens is 1. The Hall–Kier alpha value is -0.570. The van der Waals surface area contributed by atoms with Gasteiger partial charge in [0.05, 0.1) is 5.02 Å². The fourth-order valence-electron chi connectivity index (χ4n) is 2.18. The molecule has 0 unspecified atom stereocenters. The predicted octanol–water partition coefficient (Wildman–Crippen LogP) is 4.69. The van der Waals surface area contributed by atoms with Gasteiger partial charge in [-0.1, -0.05) is 50.6 Å². The van der Waals surface area contributed by atoms with Crippen molar-refractivity contribution >= 4 is 28.8 Å². The molecule has 0 saturated carbocycles. The van der Waals surface area contributed by atoms with Crippen LogP contribution in [0, 0.1) is 12.3 Å². The van der Waals surface area contributed by atoms with Gasteiger partial charge in [-0.05, 0) is 31.0 Å². The SMILES string of the molecule is C=C(CN(C)CC(C)(C)C)c1c(Cl)cc(C)nc1Cl. The second kappa shape index (κ2) is 6.25. The first-order valence-electron chi connectivity index (χ1n) is 6.29. The van der Waals surface area contributed by atoms with Crippen LogP contribution in [-0.4, -0.2) is 30.0 Å². The van der Waals surface area contributed by atoms with Crippen LogP contribution in [0.5, 0.6) is 0 Å². The summed E-state index contributed by atoms with van der Waals surface area (Å²) < 4.78 is 0. The lowest BCUT2D eigenvalue weighted by Gasteiger charge is -2.27. The predicted molar refractivity (Wildman–Crippen MR) is 85.0 cm³/mol. The Morgan fingerprint density at radius 2 is 1.95 bits per heavy atom. The topological polar surface area (TPSA) is 16.1 Å². The molecule has 0 bridgehead atoms. The van der Waals surface area contributed by atoms with Crippen LogP contribution in [0.3, 0.4) is 0 Å². The van der Waals surface area contributed by atoms with E-state index in [0.29, 0.717) is 10.2 Å². The van der Waals surface area contributed by atoms with E-state index in [0.717, 1.165) is 29.9 Å². The Balaban J connectivity index is 2.85. The quantitative estimate of drug-likeness (QED) is 0.750. The maximum Gasteiger partial charge on any atom is 0.138 e. The minimum atomic E-state index is 0.244. The molecule has 0 saturated heterocycles. The summed E-state index contributed by atoms with van der Waals surface area (Å²) in [5.74, 6) is 0. The van der Waals surface area contributed by atoms with Crippen molar-refractivity contribution in [1.82, 2.24) is 9.88 Å². The van der Waals surface area contributed by atoms with Gasteiger partial charge < -0.3 is 4.90 Å². The molecule has 0 spiro atoms. The molecule has 0 aliphatic heterocycles. The second-order valence-electron chi connectivity index (χ2n) is 6.25. The van der Waals surface area contributed by atoms with E-state index >= 15 is 0 Å². The minimum Gasteiger partial charge on any atom is -0.302 e. The molecule has 0 fully saturated rings. The van der Waals surface area contributed by atoms with Crippen LogP contribution in [0.2, 0.25) is 10.2 Å². The fraction of sp³-hybridized carbons (Fsp3) is 0.533. The molecule has 1 aromatic rings. The van der Waals surface area contributed by atoms with E-state index in [4.69, 9.17) is 23.2 Å². The minimum absolute atomic E-state index is 0.244. The number of hydrogen-bond acceptors (Lipinski definition) is 2. The van der Waals surface area contributed by atoms with Crippen molar-refractivity contribution in [2.24, 2.45) is 5.41 Å². The largest absolute Gasteiger partial charge is 0.302 e. The van der Waals surface area contributed by atoms with E-state index in [1.807, 2.05) is 13.0 Å². The van der Waals surface area contributed by atoms with E-state index in [9.17, 15) is 0 Å². The van der Waals surface area contributed by atoms with Gasteiger partial charge in [0, 0.05) is 24.3 Å². The average Bonchev–Trinajstić information content (AvgIpc) is 2.10. The maximum absolute atomic E-state index is 6.24. The summed E-state index contributed by atoms with van der Waals surface area (Å²) in [6.45, 7) is 14.3. The third-order valence-electron chi connectivity index (χ3n) is 2.61. The van der Waals surface area contributed by atoms with Crippen molar-refractivity contribution in [3.63, 3.8) is 0 Å². The number of aryl methyl sites for hydroxylation is 1. The Morgan fingerprint density at radius 3 is 2.42 bits per heavy atom. The average molecular weight is 301 g/mol. The summed E-state index contributed by atoms with van der Waals surface area (Å²) in [6, 6.07) is 1.82. The first kappa shape index (κ1) is 16.5. The van der Waals surface area contributed by atoms with Crippen molar-refractivity contribution in [3.05, 3.63) is 34.1 Å². The molecule has 4 heteroatoms. The second-order valence-corrected chi connectivity index (χ2v) is 7.01. The zero-order valence-electron chi connectivity index (χ0n) is 12.3. The first-order chi connectivity index (χ1) is 8.60. The monoisotopic (exact) mass is 300 g/mol. The highest BCUT2D eigenvalue weighted by Gasteiger charge is 2.17. The lowest BCUT2D eigenvalue weighted by Crippen LogP contribution is -2.30. The molecule has 1 rings (SSSR count). The summed E-state index contributed by atoms with van der Waals surface area (Å²) in [6.07, 6.45) is 0. The number of rotatable bonds is 4. The van der Waals surface area contributed by atoms with Gasteiger partial charge in [0.1, 0.15) is 5.15 Å². The highest BCUT2D eigenvalue weighted by molar-refractivity contribution is 6.36. The van der Waals surface area contributed by atoms with Gasteiger partial charge in [-0.2, -0.15) is 0 Å². The summed E-state index contributed by atoms with van der Waals surface area (Å²) in [4.78, 5) is 6.46. The van der Waals surface area contributed by atoms with Crippen LogP contribution < -0.4 is 0 Å². The van der Waals surface area contributed by atoms with E-state index in [2.05, 4.69) is 44.3 Å². The molecule has 106 valence electrons. The van der Waals surface area contributed by atoms with Gasteiger partial charge in [0.15, 0.2) is 0 Å². The Kier molecular flexibility index (Phi) is 5.43. The lowest BCUT2D eigenvalue weighted by atomic mass is 9.96. The summed E-state index contributed by atoms with van der Waals surface area (Å²) in [5.41, 5.74) is 2.72. The van der Waals surface area contributed by atoms with Gasteiger partial charge in [-0.25, -0.2) is 4.98 Å². The highest BCUT2D eigenvalue weighted by Crippen LogP contribution is 2.30. The van der Waals surface area contributed by atoms with Gasteiger partial charge in [0.2, 0.25) is 0 Å². The Labute approximate surface area is 126 Å². The number of likely N-dealkylation sites (N-methyl/N-ethyl adjacent to an activating group) is 1. The molecule has 0 aliphatic carbocycles. The Bertz CT molecular complexity index is 453. The van der Waals surface area contributed by atoms with Crippen molar-refractivity contribution in [1.29, 1.82) is 0 Å². The zero-order valence-corrected chi connectivity index (χ0v) is 13.9. The normalized spacial score (nSPS) is 12.0. The summed E-state index contributed by atoms with van der Waals surface area (Å²) in [7, 11) is 2.07. The molecule has 1 heterocycles. The van der Waals surface area contributed by atoms with Crippen LogP contribution in [0.25, 0.3) is 5.57 Å². The van der Waals surface area contributed by atoms with Crippen molar-refractivity contribution in [2.45, 2.75) is 27.7 Å². The molecule has 19 heavy (non-hydrogen) atoms. The molecule has 0 radical (unpaired) electrons. The molecule has 0 atom stereocenters. The lowest BCUT2D eigenvalue weighted by molar-refractivity contribution is 0.247. The van der Waals surface area contributed by atoms with Crippen LogP contribution in [-0.2, 0) is 0 Å². The molecule has 2 nitrogen and oxygen atoms in total. The summed E-state index contributed by atoms with van der Waals surface area (Å²) in [5, 5.41) is 1.05. The fourth-order valence-corrected chi connectivity index (χ4v) is 2.98. The number of pyridine rings is 1. The molecule has 0 amide bonds. The zero-order chi connectivity index (χ0) is 14.8. The molecular formula is C15H22Cl2N2. The Morgan fingerprint density at radius 1 is 1.37 bits per heavy atom. The van der Waals surface area contributed by atoms with E-state index in [-0.39, 0.29) is 5.41 Å². The van der Waals surface area contributed by atoms with Crippen molar-refractivity contribution < 1.29 is 0 Å². The van der Waals surface area contributed by atoms with Gasteiger partial charge in [-0.3, -0.25) is 0 Å². The summed E-state index contributed by atoms with van der Waals surface area (Å²) >= 11 is 12.4. The van der Waals surface area contributed by atoms with Crippen LogP contribution in [0.4, 0.5) is 0 Å². The molecule has 0 N–H and O–H groups in total. The smallest absolute Gasteiger partial charge is 0.138 e. The van der Waals surface area contributed by atoms with Crippen LogP contribution >= 0.6 is 23.2 Å². The van der Waals surface area contributed by atoms with Crippen LogP contribution in [0.15, 0.2) is 12.6 Å². The highest BCUT2D eigenvalue weighted by atomic mass is 35.5. The molecular weight excluding hydrogens is 279 g/mol. The van der Waals surface area contributed by atoms with Crippen molar-refractivity contribution in [3.8, 4) is 0 Å². The number of halogens is 2. The van der Waals surface area contributed by atoms with Gasteiger partial charge in [0.25, 0.3) is 0 Å². The van der Waals surface area contributed by atoms with E-state index < -0.39 is 0 Å². The molecule has 1 aromatic heterocycles. The van der Waals surface area contributed by atoms with Gasteiger partial charge in [-0.15, -0.1) is 0 Å². The standard InChI is InChI=1S/C15H22Cl2N2/c1-10(8-19(6)9-15(3,4)5)13-12(16)7-11(2)18-14(13)17/h7H,1,8-9H2,2-6H3. The molecule has 0 aromatic carbocycles. The third kappa shape index (κ3) is 5.13. The van der Waals surface area contributed by atoms with Gasteiger partial charge >= 0.3 is 0 Å². The maximum atomic E-state index is 6.24. The van der Waals surface area contributed by atoms with E-state index in [1.54, 1.807) is 0 Å². The first-order valence-corrected chi connectivity index (χ1v) is 7.05. The van der Waals surface area contributed by atoms with E-state index in [1.165, 1.54) is 0 Å². The number of nitrogens with zero attached hydrogens (tertiary/aromatic N) is 2. The van der Waals surface area contributed by atoms with Crippen LogP contribution in [0.1, 0.15) is 32.0 Å². The molecule has 0 aliphatic rings.